The molecule has 5 heteroatoms. The number of nitrogens with one attached hydrogen (secondary N) is 1. The lowest BCUT2D eigenvalue weighted by Gasteiger charge is -2.21. The quantitative estimate of drug-likeness (QED) is 0.928. The number of aryl methyl sites for hydroxylation is 2. The molecule has 25 heavy (non-hydrogen) atoms. The van der Waals surface area contributed by atoms with Crippen LogP contribution in [0.2, 0.25) is 0 Å². The number of urea groups is 1. The minimum Gasteiger partial charge on any atom is -0.331 e. The number of carbonyl (C=O) groups excluding carboxylic acids is 1. The van der Waals surface area contributed by atoms with Gasteiger partial charge in [0, 0.05) is 31.4 Å². The second-order valence-corrected chi connectivity index (χ2v) is 7.17. The van der Waals surface area contributed by atoms with Crippen molar-refractivity contribution in [2.75, 3.05) is 13.1 Å². The van der Waals surface area contributed by atoms with E-state index in [4.69, 9.17) is 0 Å². The molecule has 3 rings (SSSR count). The molecule has 1 aliphatic rings. The highest BCUT2D eigenvalue weighted by molar-refractivity contribution is 5.75. The lowest BCUT2D eigenvalue weighted by Crippen LogP contribution is -2.40. The van der Waals surface area contributed by atoms with Crippen molar-refractivity contribution in [3.05, 3.63) is 52.8 Å². The SMILES string of the molecule is Cc1nn(C)c(C)c1[C@H](C)NC(=O)N1CC[C@@H](Cc2ccccc2)C1. The fourth-order valence-electron chi connectivity index (χ4n) is 3.90. The van der Waals surface area contributed by atoms with E-state index in [1.807, 2.05) is 43.5 Å². The largest absolute Gasteiger partial charge is 0.331 e. The maximum absolute atomic E-state index is 12.6. The maximum Gasteiger partial charge on any atom is 0.317 e. The fourth-order valence-corrected chi connectivity index (χ4v) is 3.90. The number of rotatable bonds is 4. The van der Waals surface area contributed by atoms with Crippen LogP contribution in [-0.4, -0.2) is 33.8 Å². The summed E-state index contributed by atoms with van der Waals surface area (Å²) in [5.41, 5.74) is 4.56. The normalized spacial score (nSPS) is 18.4. The molecule has 1 fully saturated rings. The van der Waals surface area contributed by atoms with Gasteiger partial charge >= 0.3 is 6.03 Å². The van der Waals surface area contributed by atoms with Crippen molar-refractivity contribution in [1.29, 1.82) is 0 Å². The van der Waals surface area contributed by atoms with Crippen molar-refractivity contribution in [2.24, 2.45) is 13.0 Å². The van der Waals surface area contributed by atoms with Crippen LogP contribution < -0.4 is 5.32 Å². The third kappa shape index (κ3) is 3.86. The second-order valence-electron chi connectivity index (χ2n) is 7.17. The molecule has 2 heterocycles. The summed E-state index contributed by atoms with van der Waals surface area (Å²) >= 11 is 0. The number of carbonyl (C=O) groups is 1. The summed E-state index contributed by atoms with van der Waals surface area (Å²) in [6.45, 7) is 7.74. The molecule has 134 valence electrons. The second kappa shape index (κ2) is 7.30. The molecule has 0 aliphatic carbocycles. The molecule has 1 aliphatic heterocycles. The average molecular weight is 340 g/mol. The summed E-state index contributed by atoms with van der Waals surface area (Å²) in [6.07, 6.45) is 2.11. The highest BCUT2D eigenvalue weighted by Gasteiger charge is 2.28. The first-order chi connectivity index (χ1) is 12.0. The van der Waals surface area contributed by atoms with E-state index in [2.05, 4.69) is 34.7 Å². The first-order valence-electron chi connectivity index (χ1n) is 9.05. The Morgan fingerprint density at radius 2 is 2.04 bits per heavy atom. The van der Waals surface area contributed by atoms with Gasteiger partial charge in [0.05, 0.1) is 11.7 Å². The van der Waals surface area contributed by atoms with E-state index < -0.39 is 0 Å². The molecule has 2 aromatic rings. The Labute approximate surface area is 150 Å². The molecular weight excluding hydrogens is 312 g/mol. The molecule has 5 nitrogen and oxygen atoms in total. The van der Waals surface area contributed by atoms with Gasteiger partial charge in [-0.2, -0.15) is 5.10 Å². The number of amides is 2. The van der Waals surface area contributed by atoms with Gasteiger partial charge in [-0.25, -0.2) is 4.79 Å². The molecule has 0 unspecified atom stereocenters. The Morgan fingerprint density at radius 3 is 2.68 bits per heavy atom. The topological polar surface area (TPSA) is 50.2 Å². The Balaban J connectivity index is 1.57. The smallest absolute Gasteiger partial charge is 0.317 e. The number of aromatic nitrogens is 2. The molecule has 2 amide bonds. The molecule has 2 atom stereocenters. The Hall–Kier alpha value is -2.30. The number of nitrogens with zero attached hydrogens (tertiary/aromatic N) is 3. The third-order valence-corrected chi connectivity index (χ3v) is 5.28. The third-order valence-electron chi connectivity index (χ3n) is 5.28. The van der Waals surface area contributed by atoms with Gasteiger partial charge in [-0.3, -0.25) is 4.68 Å². The Morgan fingerprint density at radius 1 is 1.32 bits per heavy atom. The van der Waals surface area contributed by atoms with E-state index in [1.54, 1.807) is 0 Å². The summed E-state index contributed by atoms with van der Waals surface area (Å²) in [7, 11) is 1.94. The summed E-state index contributed by atoms with van der Waals surface area (Å²) in [6, 6.07) is 10.5. The number of benzene rings is 1. The van der Waals surface area contributed by atoms with E-state index in [1.165, 1.54) is 5.56 Å². The zero-order valence-electron chi connectivity index (χ0n) is 15.6. The van der Waals surface area contributed by atoms with Gasteiger partial charge in [0.25, 0.3) is 0 Å². The van der Waals surface area contributed by atoms with Gasteiger partial charge in [-0.1, -0.05) is 30.3 Å². The maximum atomic E-state index is 12.6. The van der Waals surface area contributed by atoms with Crippen molar-refractivity contribution < 1.29 is 4.79 Å². The summed E-state index contributed by atoms with van der Waals surface area (Å²) in [5, 5.41) is 7.60. The molecule has 0 spiro atoms. The molecule has 1 aromatic carbocycles. The van der Waals surface area contributed by atoms with Crippen LogP contribution in [0, 0.1) is 19.8 Å². The van der Waals surface area contributed by atoms with Gasteiger partial charge in [0.1, 0.15) is 0 Å². The standard InChI is InChI=1S/C20H28N4O/c1-14(19-15(2)22-23(4)16(19)3)21-20(25)24-11-10-18(13-24)12-17-8-6-5-7-9-17/h5-9,14,18H,10-13H2,1-4H3,(H,21,25)/t14-,18-/m0/s1. The zero-order chi connectivity index (χ0) is 18.0. The molecule has 1 saturated heterocycles. The predicted molar refractivity (Wildman–Crippen MR) is 99.5 cm³/mol. The van der Waals surface area contributed by atoms with Crippen molar-refractivity contribution in [3.8, 4) is 0 Å². The van der Waals surface area contributed by atoms with Crippen LogP contribution in [0.3, 0.4) is 0 Å². The van der Waals surface area contributed by atoms with Gasteiger partial charge in [-0.05, 0) is 45.1 Å². The van der Waals surface area contributed by atoms with E-state index in [0.29, 0.717) is 5.92 Å². The first kappa shape index (κ1) is 17.5. The molecule has 0 bridgehead atoms. The first-order valence-corrected chi connectivity index (χ1v) is 9.05. The predicted octanol–water partition coefficient (Wildman–Crippen LogP) is 3.37. The zero-order valence-corrected chi connectivity index (χ0v) is 15.6. The highest BCUT2D eigenvalue weighted by Crippen LogP contribution is 2.23. The summed E-state index contributed by atoms with van der Waals surface area (Å²) in [5.74, 6) is 0.547. The molecule has 0 saturated carbocycles. The van der Waals surface area contributed by atoms with E-state index in [-0.39, 0.29) is 12.1 Å². The van der Waals surface area contributed by atoms with Crippen molar-refractivity contribution in [1.82, 2.24) is 20.0 Å². The van der Waals surface area contributed by atoms with Crippen LogP contribution in [0.1, 0.15) is 41.9 Å². The van der Waals surface area contributed by atoms with Gasteiger partial charge in [0.2, 0.25) is 0 Å². The Kier molecular flexibility index (Phi) is 5.11. The number of hydrogen-bond acceptors (Lipinski definition) is 2. The van der Waals surface area contributed by atoms with Crippen molar-refractivity contribution in [2.45, 2.75) is 39.7 Å². The van der Waals surface area contributed by atoms with Crippen LogP contribution in [0.4, 0.5) is 4.79 Å². The minimum atomic E-state index is -0.0330. The van der Waals surface area contributed by atoms with E-state index >= 15 is 0 Å². The number of hydrogen-bond donors (Lipinski definition) is 1. The van der Waals surface area contributed by atoms with Crippen LogP contribution in [0.5, 0.6) is 0 Å². The van der Waals surface area contributed by atoms with Crippen LogP contribution in [0.25, 0.3) is 0 Å². The lowest BCUT2D eigenvalue weighted by atomic mass is 9.99. The lowest BCUT2D eigenvalue weighted by molar-refractivity contribution is 0.203. The minimum absolute atomic E-state index is 0.0330. The fraction of sp³-hybridized carbons (Fsp3) is 0.500. The van der Waals surface area contributed by atoms with Gasteiger partial charge < -0.3 is 10.2 Å². The molecule has 0 radical (unpaired) electrons. The van der Waals surface area contributed by atoms with E-state index in [0.717, 1.165) is 42.9 Å². The van der Waals surface area contributed by atoms with E-state index in [9.17, 15) is 4.79 Å². The molecule has 1 aromatic heterocycles. The molecular formula is C20H28N4O. The Bertz CT molecular complexity index is 738. The van der Waals surface area contributed by atoms with Crippen molar-refractivity contribution >= 4 is 6.03 Å². The van der Waals surface area contributed by atoms with Crippen LogP contribution in [0.15, 0.2) is 30.3 Å². The monoisotopic (exact) mass is 340 g/mol. The van der Waals surface area contributed by atoms with Gasteiger partial charge in [-0.15, -0.1) is 0 Å². The van der Waals surface area contributed by atoms with Crippen molar-refractivity contribution in [3.63, 3.8) is 0 Å². The van der Waals surface area contributed by atoms with Gasteiger partial charge in [0.15, 0.2) is 0 Å². The molecule has 1 N–H and O–H groups in total. The summed E-state index contributed by atoms with van der Waals surface area (Å²) in [4.78, 5) is 14.6. The average Bonchev–Trinajstić information content (AvgIpc) is 3.13. The number of likely N-dealkylation sites (tertiary alicyclic amines) is 1. The van der Waals surface area contributed by atoms with Crippen LogP contribution >= 0.6 is 0 Å². The van der Waals surface area contributed by atoms with Crippen LogP contribution in [-0.2, 0) is 13.5 Å². The summed E-state index contributed by atoms with van der Waals surface area (Å²) < 4.78 is 1.87. The highest BCUT2D eigenvalue weighted by atomic mass is 16.2.